The zero-order valence-corrected chi connectivity index (χ0v) is 4.92. The fourth-order valence-electron chi connectivity index (χ4n) is 0.0948. The summed E-state index contributed by atoms with van der Waals surface area (Å²) < 4.78 is 19.2. The average Bonchev–Trinajstić information content (AvgIpc) is 1.27. The normalized spacial score (nSPS) is 7.43. The van der Waals surface area contributed by atoms with Crippen LogP contribution in [-0.4, -0.2) is 18.8 Å². The topological polar surface area (TPSA) is 60.2 Å². The minimum atomic E-state index is -2.24. The van der Waals surface area contributed by atoms with Crippen LogP contribution in [0.25, 0.3) is 0 Å². The summed E-state index contributed by atoms with van der Waals surface area (Å²) in [5.74, 6) is 0. The Morgan fingerprint density at radius 2 is 2.14 bits per heavy atom. The monoisotopic (exact) mass is 137 g/mol. The summed E-state index contributed by atoms with van der Waals surface area (Å²) in [6.45, 7) is 0. The maximum absolute atomic E-state index is 9.59. The Kier molecular flexibility index (Phi) is 2.54. The molecule has 0 fully saturated rings. The highest BCUT2D eigenvalue weighted by Gasteiger charge is 1.74. The molecule has 0 unspecified atom stereocenters. The Hall–Kier alpha value is -0.420. The van der Waals surface area contributed by atoms with Gasteiger partial charge in [-0.15, -0.1) is 0 Å². The fourth-order valence-corrected chi connectivity index (χ4v) is 0.520. The molecule has 0 spiro atoms. The van der Waals surface area contributed by atoms with Gasteiger partial charge in [-0.3, -0.25) is 0 Å². The summed E-state index contributed by atoms with van der Waals surface area (Å²) in [7, 11) is -2.24. The average molecular weight is 137 g/mol. The highest BCUT2D eigenvalue weighted by atomic mass is 32.2. The highest BCUT2D eigenvalue weighted by Crippen LogP contribution is 1.50. The van der Waals surface area contributed by atoms with Gasteiger partial charge in [-0.1, -0.05) is 12.2 Å². The van der Waals surface area contributed by atoms with Gasteiger partial charge in [-0.05, 0) is 0 Å². The molecule has 0 aromatic heterocycles. The van der Waals surface area contributed by atoms with Crippen molar-refractivity contribution in [3.05, 3.63) is 0 Å². The summed E-state index contributed by atoms with van der Waals surface area (Å²) in [6, 6.07) is 0. The van der Waals surface area contributed by atoms with Crippen LogP contribution in [0.1, 0.15) is 0 Å². The first-order chi connectivity index (χ1) is 3.13. The van der Waals surface area contributed by atoms with Crippen molar-refractivity contribution < 1.29 is 8.42 Å². The van der Waals surface area contributed by atoms with E-state index in [2.05, 4.69) is 12.2 Å². The molecule has 3 nitrogen and oxygen atoms in total. The zero-order valence-electron chi connectivity index (χ0n) is 3.29. The lowest BCUT2D eigenvalue weighted by Gasteiger charge is -1.69. The van der Waals surface area contributed by atoms with E-state index in [1.165, 1.54) is 0 Å². The highest BCUT2D eigenvalue weighted by molar-refractivity contribution is 7.85. The summed E-state index contributed by atoms with van der Waals surface area (Å²) in [4.78, 5) is -0.117. The minimum Gasteiger partial charge on any atom is -0.389 e. The van der Waals surface area contributed by atoms with Crippen LogP contribution in [0, 0.1) is 0 Å². The SMILES string of the molecule is NC(=S)C=S(=O)=O. The summed E-state index contributed by atoms with van der Waals surface area (Å²) >= 11 is 4.20. The van der Waals surface area contributed by atoms with E-state index in [4.69, 9.17) is 5.73 Å². The zero-order chi connectivity index (χ0) is 5.86. The first kappa shape index (κ1) is 6.58. The molecule has 7 heavy (non-hydrogen) atoms. The summed E-state index contributed by atoms with van der Waals surface area (Å²) in [6.07, 6.45) is 0. The number of nitrogens with two attached hydrogens (primary N) is 1. The molecule has 0 aromatic rings. The second-order valence-electron chi connectivity index (χ2n) is 0.781. The molecular weight excluding hydrogens is 134 g/mol. The van der Waals surface area contributed by atoms with Gasteiger partial charge < -0.3 is 5.73 Å². The number of thiocarbonyl (C=S) groups is 1. The predicted molar refractivity (Wildman–Crippen MR) is 31.8 cm³/mol. The maximum atomic E-state index is 9.59. The van der Waals surface area contributed by atoms with Gasteiger partial charge in [0.05, 0.1) is 5.37 Å². The Balaban J connectivity index is 4.26. The van der Waals surface area contributed by atoms with Gasteiger partial charge in [-0.2, -0.15) is 8.42 Å². The molecule has 5 heteroatoms. The van der Waals surface area contributed by atoms with Crippen LogP contribution in [0.4, 0.5) is 0 Å². The van der Waals surface area contributed by atoms with Crippen LogP contribution < -0.4 is 5.73 Å². The maximum Gasteiger partial charge on any atom is 0.217 e. The largest absolute Gasteiger partial charge is 0.389 e. The van der Waals surface area contributed by atoms with E-state index >= 15 is 0 Å². The molecule has 0 saturated carbocycles. The van der Waals surface area contributed by atoms with Gasteiger partial charge in [0.2, 0.25) is 10.3 Å². The molecule has 0 saturated heterocycles. The quantitative estimate of drug-likeness (QED) is 0.469. The van der Waals surface area contributed by atoms with E-state index in [1.54, 1.807) is 0 Å². The third kappa shape index (κ3) is 5.58. The van der Waals surface area contributed by atoms with Crippen molar-refractivity contribution in [2.24, 2.45) is 5.73 Å². The van der Waals surface area contributed by atoms with Gasteiger partial charge in [-0.25, -0.2) is 0 Å². The summed E-state index contributed by atoms with van der Waals surface area (Å²) in [5.41, 5.74) is 4.78. The number of hydrogen-bond acceptors (Lipinski definition) is 3. The molecule has 0 bridgehead atoms. The smallest absolute Gasteiger partial charge is 0.217 e. The van der Waals surface area contributed by atoms with Crippen molar-refractivity contribution in [1.29, 1.82) is 0 Å². The van der Waals surface area contributed by atoms with Crippen molar-refractivity contribution in [2.75, 3.05) is 0 Å². The molecule has 0 aliphatic rings. The van der Waals surface area contributed by atoms with Crippen molar-refractivity contribution >= 4 is 32.9 Å². The van der Waals surface area contributed by atoms with E-state index in [1.807, 2.05) is 0 Å². The lowest BCUT2D eigenvalue weighted by Crippen LogP contribution is -2.08. The van der Waals surface area contributed by atoms with E-state index in [0.717, 1.165) is 5.37 Å². The van der Waals surface area contributed by atoms with Crippen molar-refractivity contribution in [3.63, 3.8) is 0 Å². The Morgan fingerprint density at radius 1 is 1.71 bits per heavy atom. The molecule has 0 aliphatic heterocycles. The molecule has 0 aliphatic carbocycles. The first-order valence-electron chi connectivity index (χ1n) is 1.35. The first-order valence-corrected chi connectivity index (χ1v) is 2.90. The van der Waals surface area contributed by atoms with Crippen molar-refractivity contribution in [2.45, 2.75) is 0 Å². The van der Waals surface area contributed by atoms with Crippen LogP contribution in [0.2, 0.25) is 0 Å². The molecule has 40 valence electrons. The third-order valence-electron chi connectivity index (χ3n) is 0.212. The molecule has 0 heterocycles. The lowest BCUT2D eigenvalue weighted by molar-refractivity contribution is 0.627. The van der Waals surface area contributed by atoms with Crippen LogP contribution in [0.15, 0.2) is 0 Å². The van der Waals surface area contributed by atoms with Gasteiger partial charge in [0, 0.05) is 0 Å². The van der Waals surface area contributed by atoms with Gasteiger partial charge >= 0.3 is 0 Å². The van der Waals surface area contributed by atoms with E-state index in [9.17, 15) is 8.42 Å². The Bertz CT molecular complexity index is 182. The lowest BCUT2D eigenvalue weighted by atomic mass is 10.8. The molecule has 0 atom stereocenters. The molecule has 0 amide bonds. The predicted octanol–water partition coefficient (Wildman–Crippen LogP) is -1.05. The van der Waals surface area contributed by atoms with E-state index in [0.29, 0.717) is 0 Å². The third-order valence-corrected chi connectivity index (χ3v) is 0.926. The standard InChI is InChI=1S/C2H3NO2S2/c3-2(6)1-7(4)5/h1H,(H2,3,6). The van der Waals surface area contributed by atoms with Crippen LogP contribution >= 0.6 is 12.2 Å². The Morgan fingerprint density at radius 3 is 2.14 bits per heavy atom. The number of hydrogen-bond donors (Lipinski definition) is 1. The van der Waals surface area contributed by atoms with Crippen LogP contribution in [0.3, 0.4) is 0 Å². The Labute approximate surface area is 47.7 Å². The van der Waals surface area contributed by atoms with Gasteiger partial charge in [0.15, 0.2) is 0 Å². The minimum absolute atomic E-state index is 0.117. The van der Waals surface area contributed by atoms with Gasteiger partial charge in [0.1, 0.15) is 4.99 Å². The van der Waals surface area contributed by atoms with Gasteiger partial charge in [0.25, 0.3) is 0 Å². The second kappa shape index (κ2) is 2.70. The molecule has 0 rings (SSSR count). The molecule has 0 aromatic carbocycles. The fraction of sp³-hybridized carbons (Fsp3) is 0. The molecular formula is C2H3NO2S2. The van der Waals surface area contributed by atoms with Crippen LogP contribution in [-0.2, 0) is 10.3 Å². The second-order valence-corrected chi connectivity index (χ2v) is 2.01. The van der Waals surface area contributed by atoms with E-state index < -0.39 is 10.3 Å². The van der Waals surface area contributed by atoms with Crippen molar-refractivity contribution in [3.8, 4) is 0 Å². The molecule has 0 radical (unpaired) electrons. The van der Waals surface area contributed by atoms with Crippen molar-refractivity contribution in [1.82, 2.24) is 0 Å². The molecule has 2 N–H and O–H groups in total. The summed E-state index contributed by atoms with van der Waals surface area (Å²) in [5, 5.41) is 0.759. The van der Waals surface area contributed by atoms with E-state index in [-0.39, 0.29) is 4.99 Å². The van der Waals surface area contributed by atoms with Crippen LogP contribution in [0.5, 0.6) is 0 Å². The number of rotatable bonds is 1.